The summed E-state index contributed by atoms with van der Waals surface area (Å²) in [5.41, 5.74) is -0.775. The van der Waals surface area contributed by atoms with E-state index in [-0.39, 0.29) is 29.2 Å². The highest BCUT2D eigenvalue weighted by molar-refractivity contribution is 5.99. The second-order valence-electron chi connectivity index (χ2n) is 11.1. The lowest BCUT2D eigenvalue weighted by Gasteiger charge is -2.36. The van der Waals surface area contributed by atoms with E-state index in [2.05, 4.69) is 14.9 Å². The predicted octanol–water partition coefficient (Wildman–Crippen LogP) is 5.70. The number of amides is 1. The molecule has 0 saturated carbocycles. The standard InChI is InChI=1S/C30H32F5N5O2/c1-17(2)40-25-14-19(13-21(30(33,34)35)29(25)42-16-27(40)41)28-23(32)15-36-26(37-28)12-18-5-6-24(22(31)11-18)39-9-7-20(8-10-39)38(3)4/h5-6,11,13-15,17,20H,7-10,12,16H2,1-4H3. The zero-order valence-corrected chi connectivity index (χ0v) is 23.8. The van der Waals surface area contributed by atoms with Crippen LogP contribution in [-0.2, 0) is 17.4 Å². The topological polar surface area (TPSA) is 61.8 Å². The van der Waals surface area contributed by atoms with Gasteiger partial charge in [-0.2, -0.15) is 13.2 Å². The van der Waals surface area contributed by atoms with E-state index in [0.29, 0.717) is 17.3 Å². The first-order chi connectivity index (χ1) is 19.8. The average Bonchev–Trinajstić information content (AvgIpc) is 2.92. The van der Waals surface area contributed by atoms with Gasteiger partial charge in [0, 0.05) is 37.2 Å². The van der Waals surface area contributed by atoms with E-state index >= 15 is 8.78 Å². The lowest BCUT2D eigenvalue weighted by atomic mass is 10.0. The van der Waals surface area contributed by atoms with E-state index in [1.165, 1.54) is 17.0 Å². The molecule has 0 N–H and O–H groups in total. The van der Waals surface area contributed by atoms with Crippen molar-refractivity contribution in [3.05, 3.63) is 65.1 Å². The Morgan fingerprint density at radius 3 is 2.38 bits per heavy atom. The minimum absolute atomic E-state index is 0.0317. The highest BCUT2D eigenvalue weighted by Gasteiger charge is 2.40. The molecule has 0 spiro atoms. The number of piperidine rings is 1. The van der Waals surface area contributed by atoms with Crippen LogP contribution in [0.25, 0.3) is 11.3 Å². The number of anilines is 2. The Balaban J connectivity index is 1.45. The van der Waals surface area contributed by atoms with E-state index in [9.17, 15) is 18.0 Å². The monoisotopic (exact) mass is 589 g/mol. The van der Waals surface area contributed by atoms with Gasteiger partial charge >= 0.3 is 6.18 Å². The third kappa shape index (κ3) is 5.90. The van der Waals surface area contributed by atoms with Crippen LogP contribution >= 0.6 is 0 Å². The quantitative estimate of drug-likeness (QED) is 0.344. The Morgan fingerprint density at radius 1 is 1.05 bits per heavy atom. The van der Waals surface area contributed by atoms with Crippen LogP contribution in [0, 0.1) is 11.6 Å². The summed E-state index contributed by atoms with van der Waals surface area (Å²) in [5.74, 6) is -2.24. The van der Waals surface area contributed by atoms with Gasteiger partial charge in [0.15, 0.2) is 18.2 Å². The van der Waals surface area contributed by atoms with Crippen LogP contribution in [0.5, 0.6) is 5.75 Å². The summed E-state index contributed by atoms with van der Waals surface area (Å²) in [5, 5.41) is 0. The molecule has 2 aliphatic heterocycles. The predicted molar refractivity (Wildman–Crippen MR) is 149 cm³/mol. The summed E-state index contributed by atoms with van der Waals surface area (Å²) in [6, 6.07) is 6.83. The van der Waals surface area contributed by atoms with Gasteiger partial charge in [-0.3, -0.25) is 4.79 Å². The zero-order valence-electron chi connectivity index (χ0n) is 23.8. The van der Waals surface area contributed by atoms with Crippen LogP contribution in [0.2, 0.25) is 0 Å². The molecule has 12 heteroatoms. The number of rotatable bonds is 6. The summed E-state index contributed by atoms with van der Waals surface area (Å²) in [6.07, 6.45) is -2.07. The number of ether oxygens (including phenoxy) is 1. The molecule has 224 valence electrons. The molecule has 0 aliphatic carbocycles. The third-order valence-corrected chi connectivity index (χ3v) is 7.74. The largest absolute Gasteiger partial charge is 0.481 e. The molecule has 3 aromatic rings. The fourth-order valence-electron chi connectivity index (χ4n) is 5.61. The Morgan fingerprint density at radius 2 is 1.76 bits per heavy atom. The SMILES string of the molecule is CC(C)N1C(=O)COc2c1cc(-c1nc(Cc3ccc(N4CCC(N(C)C)CC4)c(F)c3)ncc1F)cc2C(F)(F)F. The second-order valence-corrected chi connectivity index (χ2v) is 11.1. The number of halogens is 5. The van der Waals surface area contributed by atoms with Gasteiger partial charge in [-0.25, -0.2) is 18.7 Å². The molecule has 5 rings (SSSR count). The molecule has 0 unspecified atom stereocenters. The number of hydrogen-bond donors (Lipinski definition) is 0. The highest BCUT2D eigenvalue weighted by atomic mass is 19.4. The van der Waals surface area contributed by atoms with Gasteiger partial charge in [-0.05, 0) is 70.6 Å². The van der Waals surface area contributed by atoms with Gasteiger partial charge in [0.2, 0.25) is 0 Å². The molecule has 0 radical (unpaired) electrons. The van der Waals surface area contributed by atoms with Crippen molar-refractivity contribution in [2.24, 2.45) is 0 Å². The summed E-state index contributed by atoms with van der Waals surface area (Å²) in [7, 11) is 4.07. The van der Waals surface area contributed by atoms with Gasteiger partial charge in [0.05, 0.1) is 17.6 Å². The van der Waals surface area contributed by atoms with Crippen LogP contribution in [0.1, 0.15) is 43.6 Å². The molecule has 2 aliphatic rings. The number of nitrogens with zero attached hydrogens (tertiary/aromatic N) is 5. The van der Waals surface area contributed by atoms with Crippen molar-refractivity contribution in [2.45, 2.75) is 51.4 Å². The van der Waals surface area contributed by atoms with Crippen molar-refractivity contribution in [1.29, 1.82) is 0 Å². The minimum Gasteiger partial charge on any atom is -0.481 e. The smallest absolute Gasteiger partial charge is 0.420 e. The number of aromatic nitrogens is 2. The second kappa shape index (κ2) is 11.5. The fraction of sp³-hybridized carbons (Fsp3) is 0.433. The molecule has 2 aromatic carbocycles. The first kappa shape index (κ1) is 29.7. The molecule has 1 fully saturated rings. The summed E-state index contributed by atoms with van der Waals surface area (Å²) >= 11 is 0. The van der Waals surface area contributed by atoms with Crippen LogP contribution in [0.15, 0.2) is 36.5 Å². The van der Waals surface area contributed by atoms with E-state index in [1.54, 1.807) is 26.0 Å². The maximum absolute atomic E-state index is 15.1. The molecular weight excluding hydrogens is 557 g/mol. The highest BCUT2D eigenvalue weighted by Crippen LogP contribution is 2.46. The average molecular weight is 590 g/mol. The zero-order chi connectivity index (χ0) is 30.3. The molecule has 0 bridgehead atoms. The molecule has 3 heterocycles. The number of fused-ring (bicyclic) bond motifs is 1. The number of carbonyl (C=O) groups excluding carboxylic acids is 1. The van der Waals surface area contributed by atoms with E-state index in [0.717, 1.165) is 38.2 Å². The molecular formula is C30H32F5N5O2. The first-order valence-electron chi connectivity index (χ1n) is 13.7. The van der Waals surface area contributed by atoms with Crippen molar-refractivity contribution in [1.82, 2.24) is 14.9 Å². The first-order valence-corrected chi connectivity index (χ1v) is 13.7. The van der Waals surface area contributed by atoms with Crippen LogP contribution < -0.4 is 14.5 Å². The maximum Gasteiger partial charge on any atom is 0.420 e. The lowest BCUT2D eigenvalue weighted by molar-refractivity contribution is -0.140. The van der Waals surface area contributed by atoms with Gasteiger partial charge in [0.25, 0.3) is 5.91 Å². The normalized spacial score (nSPS) is 16.3. The lowest BCUT2D eigenvalue weighted by Crippen LogP contribution is -2.43. The number of benzene rings is 2. The van der Waals surface area contributed by atoms with Crippen LogP contribution in [-0.4, -0.2) is 66.7 Å². The number of alkyl halides is 3. The Kier molecular flexibility index (Phi) is 8.10. The summed E-state index contributed by atoms with van der Waals surface area (Å²) in [4.78, 5) is 26.1. The third-order valence-electron chi connectivity index (χ3n) is 7.74. The van der Waals surface area contributed by atoms with Gasteiger partial charge in [-0.15, -0.1) is 0 Å². The molecule has 0 atom stereocenters. The molecule has 1 amide bonds. The Bertz CT molecular complexity index is 1490. The van der Waals surface area contributed by atoms with Gasteiger partial charge in [0.1, 0.15) is 22.9 Å². The number of carbonyl (C=O) groups is 1. The Hall–Kier alpha value is -3.80. The maximum atomic E-state index is 15.1. The van der Waals surface area contributed by atoms with Crippen molar-refractivity contribution >= 4 is 17.3 Å². The van der Waals surface area contributed by atoms with E-state index < -0.39 is 47.7 Å². The Labute approximate surface area is 240 Å². The van der Waals surface area contributed by atoms with Crippen LogP contribution in [0.3, 0.4) is 0 Å². The van der Waals surface area contributed by atoms with Crippen molar-refractivity contribution in [3.8, 4) is 17.0 Å². The summed E-state index contributed by atoms with van der Waals surface area (Å²) in [6.45, 7) is 4.24. The van der Waals surface area contributed by atoms with Crippen LogP contribution in [0.4, 0.5) is 33.3 Å². The molecule has 1 aromatic heterocycles. The summed E-state index contributed by atoms with van der Waals surface area (Å²) < 4.78 is 77.6. The fourth-order valence-corrected chi connectivity index (χ4v) is 5.61. The van der Waals surface area contributed by atoms with Gasteiger partial charge < -0.3 is 19.4 Å². The minimum atomic E-state index is -4.84. The molecule has 7 nitrogen and oxygen atoms in total. The van der Waals surface area contributed by atoms with E-state index in [1.807, 2.05) is 19.0 Å². The van der Waals surface area contributed by atoms with Crippen molar-refractivity contribution in [2.75, 3.05) is 43.6 Å². The van der Waals surface area contributed by atoms with E-state index in [4.69, 9.17) is 4.74 Å². The molecule has 42 heavy (non-hydrogen) atoms. The number of hydrogen-bond acceptors (Lipinski definition) is 6. The van der Waals surface area contributed by atoms with Gasteiger partial charge in [-0.1, -0.05) is 6.07 Å². The molecule has 1 saturated heterocycles. The van der Waals surface area contributed by atoms with Crippen molar-refractivity contribution in [3.63, 3.8) is 0 Å². The van der Waals surface area contributed by atoms with Crippen molar-refractivity contribution < 1.29 is 31.5 Å².